The minimum Gasteiger partial charge on any atom is -0.396 e. The highest BCUT2D eigenvalue weighted by molar-refractivity contribution is 9.10. The van der Waals surface area contributed by atoms with Crippen LogP contribution in [0.2, 0.25) is 5.02 Å². The summed E-state index contributed by atoms with van der Waals surface area (Å²) in [5, 5.41) is 12.9. The van der Waals surface area contributed by atoms with Crippen molar-refractivity contribution in [2.24, 2.45) is 11.8 Å². The lowest BCUT2D eigenvalue weighted by Gasteiger charge is -2.30. The van der Waals surface area contributed by atoms with E-state index in [2.05, 4.69) is 21.2 Å². The van der Waals surface area contributed by atoms with E-state index in [1.54, 1.807) is 18.2 Å². The van der Waals surface area contributed by atoms with Crippen LogP contribution < -0.4 is 5.32 Å². The molecule has 0 bridgehead atoms. The van der Waals surface area contributed by atoms with Gasteiger partial charge in [0.2, 0.25) is 0 Å². The summed E-state index contributed by atoms with van der Waals surface area (Å²) in [5.74, 6) is 0.559. The summed E-state index contributed by atoms with van der Waals surface area (Å²) in [6.07, 6.45) is 4.48. The number of amides is 1. The van der Waals surface area contributed by atoms with Crippen LogP contribution in [0.1, 0.15) is 36.0 Å². The molecule has 1 aliphatic rings. The lowest BCUT2D eigenvalue weighted by Crippen LogP contribution is -2.35. The van der Waals surface area contributed by atoms with Crippen LogP contribution in [0.4, 0.5) is 0 Å². The molecule has 1 aromatic rings. The minimum atomic E-state index is -0.123. The van der Waals surface area contributed by atoms with Crippen LogP contribution >= 0.6 is 27.5 Å². The van der Waals surface area contributed by atoms with E-state index in [1.165, 1.54) is 12.8 Å². The number of hydrogen-bond acceptors (Lipinski definition) is 2. The van der Waals surface area contributed by atoms with Crippen LogP contribution in [0.3, 0.4) is 0 Å². The quantitative estimate of drug-likeness (QED) is 0.861. The van der Waals surface area contributed by atoms with E-state index in [9.17, 15) is 9.90 Å². The first-order valence-corrected chi connectivity index (χ1v) is 8.13. The summed E-state index contributed by atoms with van der Waals surface area (Å²) in [6, 6.07) is 5.17. The Balaban J connectivity index is 1.96. The molecule has 2 unspecified atom stereocenters. The van der Waals surface area contributed by atoms with E-state index in [0.717, 1.165) is 17.3 Å². The number of rotatable bonds is 4. The predicted molar refractivity (Wildman–Crippen MR) is 84.0 cm³/mol. The van der Waals surface area contributed by atoms with Crippen LogP contribution in [-0.2, 0) is 0 Å². The zero-order valence-electron chi connectivity index (χ0n) is 11.2. The van der Waals surface area contributed by atoms with Crippen LogP contribution in [0, 0.1) is 11.8 Å². The lowest BCUT2D eigenvalue weighted by molar-refractivity contribution is 0.0908. The van der Waals surface area contributed by atoms with Crippen molar-refractivity contribution < 1.29 is 9.90 Å². The molecule has 2 rings (SSSR count). The third kappa shape index (κ3) is 3.96. The van der Waals surface area contributed by atoms with Crippen molar-refractivity contribution in [3.63, 3.8) is 0 Å². The first-order chi connectivity index (χ1) is 9.61. The Hall–Kier alpha value is -0.580. The van der Waals surface area contributed by atoms with Crippen molar-refractivity contribution >= 4 is 33.4 Å². The molecule has 0 radical (unpaired) electrons. The monoisotopic (exact) mass is 359 g/mol. The van der Waals surface area contributed by atoms with E-state index in [1.807, 2.05) is 0 Å². The average molecular weight is 361 g/mol. The zero-order valence-corrected chi connectivity index (χ0v) is 13.6. The molecule has 0 aromatic heterocycles. The van der Waals surface area contributed by atoms with Crippen LogP contribution in [-0.4, -0.2) is 24.2 Å². The van der Waals surface area contributed by atoms with Gasteiger partial charge in [0.05, 0.1) is 5.56 Å². The number of hydrogen-bond donors (Lipinski definition) is 2. The molecule has 1 amide bonds. The fraction of sp³-hybridized carbons (Fsp3) is 0.533. The van der Waals surface area contributed by atoms with E-state index in [4.69, 9.17) is 11.6 Å². The Morgan fingerprint density at radius 3 is 2.75 bits per heavy atom. The summed E-state index contributed by atoms with van der Waals surface area (Å²) in [7, 11) is 0. The van der Waals surface area contributed by atoms with Crippen molar-refractivity contribution in [3.05, 3.63) is 33.3 Å². The molecule has 1 aromatic carbocycles. The van der Waals surface area contributed by atoms with Crippen molar-refractivity contribution in [1.29, 1.82) is 0 Å². The fourth-order valence-corrected chi connectivity index (χ4v) is 3.38. The molecular formula is C15H19BrClNO2. The van der Waals surface area contributed by atoms with Crippen LogP contribution in [0.25, 0.3) is 0 Å². The zero-order chi connectivity index (χ0) is 14.5. The number of halogens is 2. The first-order valence-electron chi connectivity index (χ1n) is 6.96. The third-order valence-corrected chi connectivity index (χ3v) is 4.93. The molecule has 5 heteroatoms. The molecule has 110 valence electrons. The van der Waals surface area contributed by atoms with Gasteiger partial charge in [-0.2, -0.15) is 0 Å². The molecule has 1 saturated carbocycles. The van der Waals surface area contributed by atoms with Gasteiger partial charge in [-0.15, -0.1) is 0 Å². The van der Waals surface area contributed by atoms with Gasteiger partial charge in [0, 0.05) is 22.6 Å². The predicted octanol–water partition coefficient (Wildman–Crippen LogP) is 3.63. The highest BCUT2D eigenvalue weighted by Gasteiger charge is 2.25. The van der Waals surface area contributed by atoms with E-state index in [-0.39, 0.29) is 12.5 Å². The van der Waals surface area contributed by atoms with E-state index < -0.39 is 0 Å². The Morgan fingerprint density at radius 1 is 1.35 bits per heavy atom. The van der Waals surface area contributed by atoms with Crippen molar-refractivity contribution in [2.45, 2.75) is 25.7 Å². The molecule has 0 saturated heterocycles. The maximum absolute atomic E-state index is 12.2. The fourth-order valence-electron chi connectivity index (χ4n) is 2.78. The highest BCUT2D eigenvalue weighted by atomic mass is 79.9. The Labute approximate surface area is 132 Å². The Morgan fingerprint density at radius 2 is 2.05 bits per heavy atom. The molecule has 2 N–H and O–H groups in total. The molecule has 0 heterocycles. The van der Waals surface area contributed by atoms with Gasteiger partial charge in [0.1, 0.15) is 0 Å². The number of benzene rings is 1. The summed E-state index contributed by atoms with van der Waals surface area (Å²) in [5.41, 5.74) is 0.550. The number of aliphatic hydroxyl groups excluding tert-OH is 1. The number of carbonyl (C=O) groups excluding carboxylic acids is 1. The standard InChI is InChI=1S/C15H19BrClNO2/c16-14-6-5-12(17)7-13(14)15(20)18-8-10-3-1-2-4-11(10)9-19/h5-7,10-11,19H,1-4,8-9H2,(H,18,20). The molecule has 1 fully saturated rings. The summed E-state index contributed by atoms with van der Waals surface area (Å²) >= 11 is 9.28. The average Bonchev–Trinajstić information content (AvgIpc) is 2.47. The van der Waals surface area contributed by atoms with Gasteiger partial charge in [-0.25, -0.2) is 0 Å². The van der Waals surface area contributed by atoms with Crippen LogP contribution in [0.5, 0.6) is 0 Å². The summed E-state index contributed by atoms with van der Waals surface area (Å²) < 4.78 is 0.738. The van der Waals surface area contributed by atoms with Gasteiger partial charge in [0.25, 0.3) is 5.91 Å². The van der Waals surface area contributed by atoms with Gasteiger partial charge in [0.15, 0.2) is 0 Å². The summed E-state index contributed by atoms with van der Waals surface area (Å²) in [4.78, 5) is 12.2. The number of carbonyl (C=O) groups is 1. The second-order valence-corrected chi connectivity index (χ2v) is 6.61. The van der Waals surface area contributed by atoms with E-state index >= 15 is 0 Å². The molecule has 0 spiro atoms. The second-order valence-electron chi connectivity index (χ2n) is 5.32. The normalized spacial score (nSPS) is 22.6. The first kappa shape index (κ1) is 15.8. The van der Waals surface area contributed by atoms with Crippen LogP contribution in [0.15, 0.2) is 22.7 Å². The maximum atomic E-state index is 12.2. The smallest absolute Gasteiger partial charge is 0.252 e. The van der Waals surface area contributed by atoms with Gasteiger partial charge in [-0.3, -0.25) is 4.79 Å². The van der Waals surface area contributed by atoms with Gasteiger partial charge < -0.3 is 10.4 Å². The third-order valence-electron chi connectivity index (χ3n) is 4.00. The summed E-state index contributed by atoms with van der Waals surface area (Å²) in [6.45, 7) is 0.824. The van der Waals surface area contributed by atoms with Crippen molar-refractivity contribution in [2.75, 3.05) is 13.2 Å². The molecule has 1 aliphatic carbocycles. The van der Waals surface area contributed by atoms with Gasteiger partial charge in [-0.05, 0) is 58.8 Å². The number of aliphatic hydroxyl groups is 1. The lowest BCUT2D eigenvalue weighted by atomic mass is 9.79. The molecule has 20 heavy (non-hydrogen) atoms. The van der Waals surface area contributed by atoms with Gasteiger partial charge >= 0.3 is 0 Å². The number of nitrogens with one attached hydrogen (secondary N) is 1. The van der Waals surface area contributed by atoms with Crippen molar-refractivity contribution in [1.82, 2.24) is 5.32 Å². The minimum absolute atomic E-state index is 0.123. The van der Waals surface area contributed by atoms with Crippen molar-refractivity contribution in [3.8, 4) is 0 Å². The highest BCUT2D eigenvalue weighted by Crippen LogP contribution is 2.29. The Bertz CT molecular complexity index is 481. The molecular weight excluding hydrogens is 342 g/mol. The maximum Gasteiger partial charge on any atom is 0.252 e. The molecule has 2 atom stereocenters. The van der Waals surface area contributed by atoms with E-state index in [0.29, 0.717) is 29.0 Å². The largest absolute Gasteiger partial charge is 0.396 e. The Kier molecular flexibility index (Phi) is 5.87. The van der Waals surface area contributed by atoms with Gasteiger partial charge in [-0.1, -0.05) is 24.4 Å². The SMILES string of the molecule is O=C(NCC1CCCCC1CO)c1cc(Cl)ccc1Br. The molecule has 0 aliphatic heterocycles. The topological polar surface area (TPSA) is 49.3 Å². The molecule has 3 nitrogen and oxygen atoms in total. The second kappa shape index (κ2) is 7.43.